The molecule has 0 heterocycles. The molecule has 0 aliphatic carbocycles. The van der Waals surface area contributed by atoms with Crippen LogP contribution in [0.5, 0.6) is 5.75 Å². The van der Waals surface area contributed by atoms with Crippen LogP contribution in [0.2, 0.25) is 0 Å². The molecule has 0 saturated heterocycles. The van der Waals surface area contributed by atoms with E-state index in [0.717, 1.165) is 23.3 Å². The molecule has 0 aliphatic heterocycles. The van der Waals surface area contributed by atoms with Crippen LogP contribution in [0.4, 0.5) is 8.78 Å². The van der Waals surface area contributed by atoms with Crippen molar-refractivity contribution in [2.75, 3.05) is 0 Å². The Bertz CT molecular complexity index is 789. The van der Waals surface area contributed by atoms with Gasteiger partial charge in [-0.05, 0) is 50.1 Å². The summed E-state index contributed by atoms with van der Waals surface area (Å²) in [7, 11) is 0. The Labute approximate surface area is 144 Å². The third-order valence-corrected chi connectivity index (χ3v) is 3.65. The Morgan fingerprint density at radius 1 is 1.04 bits per heavy atom. The van der Waals surface area contributed by atoms with Gasteiger partial charge in [0.1, 0.15) is 17.4 Å². The molecule has 1 atom stereocenters. The van der Waals surface area contributed by atoms with E-state index in [9.17, 15) is 18.4 Å². The van der Waals surface area contributed by atoms with Crippen LogP contribution in [0.25, 0.3) is 0 Å². The molecule has 2 N–H and O–H groups in total. The molecule has 0 aliphatic rings. The first-order chi connectivity index (χ1) is 11.8. The molecule has 0 unspecified atom stereocenters. The fourth-order valence-corrected chi connectivity index (χ4v) is 2.07. The Balaban J connectivity index is 1.95. The number of ether oxygens (including phenoxy) is 1. The number of nitrogens with one attached hydrogen (secondary N) is 2. The van der Waals surface area contributed by atoms with E-state index in [2.05, 4.69) is 10.9 Å². The Hall–Kier alpha value is -2.96. The van der Waals surface area contributed by atoms with Gasteiger partial charge in [-0.25, -0.2) is 8.78 Å². The van der Waals surface area contributed by atoms with Crippen LogP contribution >= 0.6 is 0 Å². The summed E-state index contributed by atoms with van der Waals surface area (Å²) in [6, 6.07) is 7.84. The third kappa shape index (κ3) is 4.76. The van der Waals surface area contributed by atoms with E-state index in [1.54, 1.807) is 6.07 Å². The summed E-state index contributed by atoms with van der Waals surface area (Å²) >= 11 is 0. The zero-order valence-electron chi connectivity index (χ0n) is 14.0. The van der Waals surface area contributed by atoms with E-state index in [-0.39, 0.29) is 5.56 Å². The van der Waals surface area contributed by atoms with Gasteiger partial charge < -0.3 is 4.74 Å². The number of benzene rings is 2. The van der Waals surface area contributed by atoms with Crippen LogP contribution in [0.1, 0.15) is 28.4 Å². The van der Waals surface area contributed by atoms with Crippen molar-refractivity contribution in [2.45, 2.75) is 26.9 Å². The lowest BCUT2D eigenvalue weighted by atomic mass is 10.1. The molecule has 2 amide bonds. The lowest BCUT2D eigenvalue weighted by Crippen LogP contribution is -2.47. The van der Waals surface area contributed by atoms with Crippen LogP contribution < -0.4 is 15.6 Å². The average molecular weight is 348 g/mol. The minimum atomic E-state index is -0.886. The lowest BCUT2D eigenvalue weighted by Gasteiger charge is -2.17. The van der Waals surface area contributed by atoms with E-state index < -0.39 is 29.6 Å². The highest BCUT2D eigenvalue weighted by Crippen LogP contribution is 2.21. The second-order valence-corrected chi connectivity index (χ2v) is 5.56. The molecular formula is C18H18F2N2O3. The highest BCUT2D eigenvalue weighted by atomic mass is 19.1. The van der Waals surface area contributed by atoms with Gasteiger partial charge in [0, 0.05) is 11.6 Å². The topological polar surface area (TPSA) is 67.4 Å². The molecular weight excluding hydrogens is 330 g/mol. The predicted octanol–water partition coefficient (Wildman–Crippen LogP) is 2.81. The van der Waals surface area contributed by atoms with Crippen molar-refractivity contribution in [3.05, 3.63) is 64.7 Å². The molecule has 0 spiro atoms. The maximum atomic E-state index is 13.1. The summed E-state index contributed by atoms with van der Waals surface area (Å²) in [6.45, 7) is 5.31. The quantitative estimate of drug-likeness (QED) is 0.835. The largest absolute Gasteiger partial charge is 0.481 e. The summed E-state index contributed by atoms with van der Waals surface area (Å²) in [5.74, 6) is -2.66. The van der Waals surface area contributed by atoms with Crippen molar-refractivity contribution in [3.8, 4) is 5.75 Å². The summed E-state index contributed by atoms with van der Waals surface area (Å²) in [5.41, 5.74) is 5.93. The Kier molecular flexibility index (Phi) is 5.69. The van der Waals surface area contributed by atoms with Gasteiger partial charge in [0.2, 0.25) is 0 Å². The maximum Gasteiger partial charge on any atom is 0.279 e. The summed E-state index contributed by atoms with van der Waals surface area (Å²) in [6.07, 6.45) is -0.884. The van der Waals surface area contributed by atoms with Gasteiger partial charge in [0.05, 0.1) is 0 Å². The van der Waals surface area contributed by atoms with Crippen LogP contribution in [0.3, 0.4) is 0 Å². The summed E-state index contributed by atoms with van der Waals surface area (Å²) < 4.78 is 31.8. The molecule has 0 fully saturated rings. The number of halogens is 2. The van der Waals surface area contributed by atoms with Crippen molar-refractivity contribution >= 4 is 11.8 Å². The van der Waals surface area contributed by atoms with Crippen LogP contribution in [-0.4, -0.2) is 17.9 Å². The van der Waals surface area contributed by atoms with Crippen molar-refractivity contribution in [1.29, 1.82) is 0 Å². The molecule has 5 nitrogen and oxygen atoms in total. The smallest absolute Gasteiger partial charge is 0.279 e. The van der Waals surface area contributed by atoms with E-state index in [4.69, 9.17) is 4.74 Å². The zero-order valence-corrected chi connectivity index (χ0v) is 14.0. The fraction of sp³-hybridized carbons (Fsp3) is 0.222. The monoisotopic (exact) mass is 348 g/mol. The minimum Gasteiger partial charge on any atom is -0.481 e. The molecule has 25 heavy (non-hydrogen) atoms. The first kappa shape index (κ1) is 18.4. The van der Waals surface area contributed by atoms with E-state index in [1.165, 1.54) is 6.92 Å². The van der Waals surface area contributed by atoms with E-state index in [1.807, 2.05) is 26.0 Å². The van der Waals surface area contributed by atoms with E-state index >= 15 is 0 Å². The first-order valence-corrected chi connectivity index (χ1v) is 7.57. The molecule has 7 heteroatoms. The minimum absolute atomic E-state index is 0.249. The number of amides is 2. The maximum absolute atomic E-state index is 13.1. The standard InChI is InChI=1S/C18H18F2N2O3/c1-10-5-4-6-16(11(10)2)25-12(3)17(23)21-22-18(24)13-7-14(19)9-15(20)8-13/h4-9,12H,1-3H3,(H,21,23)(H,22,24)/t12-/m1/s1. The predicted molar refractivity (Wildman–Crippen MR) is 88.0 cm³/mol. The van der Waals surface area contributed by atoms with Gasteiger partial charge >= 0.3 is 0 Å². The molecule has 0 bridgehead atoms. The number of hydrogen-bond donors (Lipinski definition) is 2. The molecule has 0 aromatic heterocycles. The number of carbonyl (C=O) groups excluding carboxylic acids is 2. The zero-order chi connectivity index (χ0) is 18.6. The second-order valence-electron chi connectivity index (χ2n) is 5.56. The van der Waals surface area contributed by atoms with Crippen molar-refractivity contribution in [2.24, 2.45) is 0 Å². The third-order valence-electron chi connectivity index (χ3n) is 3.65. The number of rotatable bonds is 4. The number of hydrazine groups is 1. The van der Waals surface area contributed by atoms with Gasteiger partial charge in [-0.2, -0.15) is 0 Å². The van der Waals surface area contributed by atoms with Crippen LogP contribution in [0.15, 0.2) is 36.4 Å². The normalized spacial score (nSPS) is 11.6. The molecule has 2 rings (SSSR count). The van der Waals surface area contributed by atoms with Crippen molar-refractivity contribution in [1.82, 2.24) is 10.9 Å². The SMILES string of the molecule is Cc1cccc(O[C@H](C)C(=O)NNC(=O)c2cc(F)cc(F)c2)c1C. The highest BCUT2D eigenvalue weighted by molar-refractivity contribution is 5.95. The van der Waals surface area contributed by atoms with Crippen LogP contribution in [0, 0.1) is 25.5 Å². The molecule has 0 radical (unpaired) electrons. The van der Waals surface area contributed by atoms with Gasteiger partial charge in [-0.15, -0.1) is 0 Å². The van der Waals surface area contributed by atoms with Gasteiger partial charge in [-0.3, -0.25) is 20.4 Å². The van der Waals surface area contributed by atoms with Crippen molar-refractivity contribution < 1.29 is 23.1 Å². The second kappa shape index (κ2) is 7.74. The summed E-state index contributed by atoms with van der Waals surface area (Å²) in [4.78, 5) is 23.8. The van der Waals surface area contributed by atoms with Gasteiger partial charge in [-0.1, -0.05) is 12.1 Å². The average Bonchev–Trinajstić information content (AvgIpc) is 2.55. The first-order valence-electron chi connectivity index (χ1n) is 7.57. The van der Waals surface area contributed by atoms with Crippen LogP contribution in [-0.2, 0) is 4.79 Å². The number of hydrogen-bond acceptors (Lipinski definition) is 3. The number of carbonyl (C=O) groups is 2. The van der Waals surface area contributed by atoms with Gasteiger partial charge in [0.25, 0.3) is 11.8 Å². The fourth-order valence-electron chi connectivity index (χ4n) is 2.07. The lowest BCUT2D eigenvalue weighted by molar-refractivity contribution is -0.128. The Morgan fingerprint density at radius 3 is 2.32 bits per heavy atom. The molecule has 132 valence electrons. The number of aryl methyl sites for hydroxylation is 1. The summed E-state index contributed by atoms with van der Waals surface area (Å²) in [5, 5.41) is 0. The van der Waals surface area contributed by atoms with Crippen molar-refractivity contribution in [3.63, 3.8) is 0 Å². The van der Waals surface area contributed by atoms with Gasteiger partial charge in [0.15, 0.2) is 6.10 Å². The molecule has 2 aromatic rings. The molecule has 2 aromatic carbocycles. The van der Waals surface area contributed by atoms with E-state index in [0.29, 0.717) is 11.8 Å². The Morgan fingerprint density at radius 2 is 1.68 bits per heavy atom. The molecule has 0 saturated carbocycles. The highest BCUT2D eigenvalue weighted by Gasteiger charge is 2.17.